The maximum absolute atomic E-state index is 13.6. The fourth-order valence-corrected chi connectivity index (χ4v) is 6.34. The number of hydrogen-bond donors (Lipinski definition) is 0. The molecular weight excluding hydrogens is 521 g/mol. The van der Waals surface area contributed by atoms with Crippen LogP contribution in [0.3, 0.4) is 0 Å². The Bertz CT molecular complexity index is 1580. The standard InChI is InChI=1S/C31H38FN7O2/c1-20-7-5-8-23-15-33-16-27(28(20)23)37-12-10-25-26(18-37)34-31(41-19-24-9-6-11-36(24)4)35-29(25)39-14-13-38(17-21(39)2)30(40)22(3)32/h5,7-8,15-16,21,24H,3,6,9-14,17-19H2,1-2,4H3/t21-,24-/m0/s1/i1D3. The zero-order valence-electron chi connectivity index (χ0n) is 26.6. The number of benzene rings is 1. The molecule has 0 bridgehead atoms. The molecule has 2 saturated heterocycles. The minimum atomic E-state index is -2.28. The smallest absolute Gasteiger partial charge is 0.318 e. The Labute approximate surface area is 244 Å². The number of likely N-dealkylation sites (tertiary alicyclic amines) is 1. The number of anilines is 2. The van der Waals surface area contributed by atoms with Crippen molar-refractivity contribution in [1.29, 1.82) is 0 Å². The molecule has 2 atom stereocenters. The lowest BCUT2D eigenvalue weighted by Gasteiger charge is -2.42. The molecule has 9 nitrogen and oxygen atoms in total. The van der Waals surface area contributed by atoms with E-state index >= 15 is 0 Å². The molecule has 216 valence electrons. The highest BCUT2D eigenvalue weighted by Crippen LogP contribution is 2.35. The summed E-state index contributed by atoms with van der Waals surface area (Å²) in [6, 6.07) is 5.76. The number of likely N-dealkylation sites (N-methyl/N-ethyl adjacent to an activating group) is 1. The van der Waals surface area contributed by atoms with Crippen molar-refractivity contribution in [2.75, 3.05) is 56.2 Å². The summed E-state index contributed by atoms with van der Waals surface area (Å²) < 4.78 is 44.4. The molecule has 10 heteroatoms. The number of aromatic nitrogens is 3. The van der Waals surface area contributed by atoms with Gasteiger partial charge in [0.1, 0.15) is 12.4 Å². The van der Waals surface area contributed by atoms with Crippen molar-refractivity contribution >= 4 is 28.2 Å². The molecule has 0 spiro atoms. The van der Waals surface area contributed by atoms with E-state index in [0.717, 1.165) is 47.5 Å². The van der Waals surface area contributed by atoms with Crippen LogP contribution in [0, 0.1) is 6.85 Å². The van der Waals surface area contributed by atoms with Crippen molar-refractivity contribution in [2.45, 2.75) is 51.7 Å². The highest BCUT2D eigenvalue weighted by atomic mass is 19.1. The maximum atomic E-state index is 13.6. The SMILES string of the molecule is [2H]C([2H])([2H])c1cccc2cncc(N3CCc4c(nc(OC[C@@H]5CCCN5C)nc4N4CCN(C(=O)C(=C)F)C[C@@H]4C)C3)c12. The third-order valence-electron chi connectivity index (χ3n) is 8.62. The molecule has 0 N–H and O–H groups in total. The highest BCUT2D eigenvalue weighted by Gasteiger charge is 2.33. The first-order valence-electron chi connectivity index (χ1n) is 15.8. The molecule has 1 aromatic carbocycles. The number of ether oxygens (including phenoxy) is 1. The number of halogens is 1. The minimum Gasteiger partial charge on any atom is -0.462 e. The van der Waals surface area contributed by atoms with E-state index in [2.05, 4.69) is 33.3 Å². The van der Waals surface area contributed by atoms with E-state index in [9.17, 15) is 9.18 Å². The molecule has 41 heavy (non-hydrogen) atoms. The molecule has 2 fully saturated rings. The van der Waals surface area contributed by atoms with Gasteiger partial charge in [-0.3, -0.25) is 9.78 Å². The number of fused-ring (bicyclic) bond motifs is 2. The summed E-state index contributed by atoms with van der Waals surface area (Å²) in [5.74, 6) is -0.869. The zero-order valence-corrected chi connectivity index (χ0v) is 23.6. The average molecular weight is 563 g/mol. The summed E-state index contributed by atoms with van der Waals surface area (Å²) in [5.41, 5.74) is 2.85. The van der Waals surface area contributed by atoms with E-state index in [1.165, 1.54) is 4.90 Å². The van der Waals surface area contributed by atoms with E-state index in [1.807, 2.05) is 13.0 Å². The summed E-state index contributed by atoms with van der Waals surface area (Å²) >= 11 is 0. The van der Waals surface area contributed by atoms with E-state index in [4.69, 9.17) is 18.8 Å². The van der Waals surface area contributed by atoms with E-state index < -0.39 is 18.6 Å². The van der Waals surface area contributed by atoms with Gasteiger partial charge in [0.05, 0.1) is 24.1 Å². The predicted molar refractivity (Wildman–Crippen MR) is 158 cm³/mol. The summed E-state index contributed by atoms with van der Waals surface area (Å²) in [5, 5.41) is 1.44. The van der Waals surface area contributed by atoms with Crippen LogP contribution < -0.4 is 14.5 Å². The molecule has 2 aromatic heterocycles. The Morgan fingerprint density at radius 1 is 1.22 bits per heavy atom. The molecule has 6 rings (SSSR count). The number of aryl methyl sites for hydroxylation is 1. The normalized spacial score (nSPS) is 22.7. The van der Waals surface area contributed by atoms with Crippen LogP contribution in [-0.2, 0) is 17.8 Å². The topological polar surface area (TPSA) is 77.9 Å². The Morgan fingerprint density at radius 2 is 2.10 bits per heavy atom. The van der Waals surface area contributed by atoms with Gasteiger partial charge in [-0.05, 0) is 52.2 Å². The maximum Gasteiger partial charge on any atom is 0.318 e. The van der Waals surface area contributed by atoms with E-state index in [-0.39, 0.29) is 12.1 Å². The molecule has 0 radical (unpaired) electrons. The van der Waals surface area contributed by atoms with Gasteiger partial charge in [0, 0.05) is 64.9 Å². The average Bonchev–Trinajstić information content (AvgIpc) is 3.42. The van der Waals surface area contributed by atoms with Crippen LogP contribution in [0.1, 0.15) is 40.7 Å². The van der Waals surface area contributed by atoms with E-state index in [0.29, 0.717) is 62.7 Å². The lowest BCUT2D eigenvalue weighted by Crippen LogP contribution is -2.54. The second-order valence-corrected chi connectivity index (χ2v) is 11.3. The van der Waals surface area contributed by atoms with Crippen LogP contribution >= 0.6 is 0 Å². The molecule has 0 aliphatic carbocycles. The van der Waals surface area contributed by atoms with Gasteiger partial charge in [-0.1, -0.05) is 24.8 Å². The second kappa shape index (κ2) is 11.2. The Hall–Kier alpha value is -3.79. The number of rotatable bonds is 6. The first-order valence-corrected chi connectivity index (χ1v) is 14.3. The van der Waals surface area contributed by atoms with Crippen LogP contribution in [-0.4, -0.2) is 89.1 Å². The minimum absolute atomic E-state index is 0.123. The lowest BCUT2D eigenvalue weighted by atomic mass is 10.0. The fraction of sp³-hybridized carbons (Fsp3) is 0.484. The van der Waals surface area contributed by atoms with Crippen LogP contribution in [0.25, 0.3) is 10.8 Å². The van der Waals surface area contributed by atoms with Crippen molar-refractivity contribution in [3.05, 3.63) is 59.8 Å². The molecule has 3 aliphatic rings. The van der Waals surface area contributed by atoms with Crippen LogP contribution in [0.2, 0.25) is 0 Å². The number of carbonyl (C=O) groups is 1. The number of piperazine rings is 1. The second-order valence-electron chi connectivity index (χ2n) is 11.3. The van der Waals surface area contributed by atoms with Crippen LogP contribution in [0.5, 0.6) is 6.01 Å². The Kier molecular flexibility index (Phi) is 6.54. The number of pyridine rings is 1. The summed E-state index contributed by atoms with van der Waals surface area (Å²) in [6.45, 7) is 6.61. The van der Waals surface area contributed by atoms with Crippen molar-refractivity contribution in [1.82, 2.24) is 24.8 Å². The first-order chi connectivity index (χ1) is 21.0. The highest BCUT2D eigenvalue weighted by molar-refractivity contribution is 5.96. The molecule has 3 aromatic rings. The van der Waals surface area contributed by atoms with Gasteiger partial charge in [-0.15, -0.1) is 0 Å². The molecule has 0 saturated carbocycles. The van der Waals surface area contributed by atoms with Crippen molar-refractivity contribution < 1.29 is 18.0 Å². The third kappa shape index (κ3) is 5.32. The first kappa shape index (κ1) is 23.9. The molecular formula is C31H38FN7O2. The molecule has 3 aliphatic heterocycles. The van der Waals surface area contributed by atoms with Gasteiger partial charge in [0.25, 0.3) is 5.91 Å². The quantitative estimate of drug-likeness (QED) is 0.419. The fourth-order valence-electron chi connectivity index (χ4n) is 6.34. The number of carbonyl (C=O) groups excluding carboxylic acids is 1. The summed E-state index contributed by atoms with van der Waals surface area (Å²) in [7, 11) is 2.10. The van der Waals surface area contributed by atoms with Gasteiger partial charge in [-0.25, -0.2) is 4.39 Å². The number of hydrogen-bond acceptors (Lipinski definition) is 8. The third-order valence-corrected chi connectivity index (χ3v) is 8.62. The Balaban J connectivity index is 1.35. The van der Waals surface area contributed by atoms with Crippen LogP contribution in [0.4, 0.5) is 15.9 Å². The zero-order chi connectivity index (χ0) is 31.2. The monoisotopic (exact) mass is 562 g/mol. The van der Waals surface area contributed by atoms with Gasteiger partial charge in [-0.2, -0.15) is 9.97 Å². The summed E-state index contributed by atoms with van der Waals surface area (Å²) in [4.78, 5) is 34.6. The van der Waals surface area contributed by atoms with Crippen molar-refractivity contribution in [3.63, 3.8) is 0 Å². The number of amides is 1. The number of nitrogens with zero attached hydrogens (tertiary/aromatic N) is 7. The van der Waals surface area contributed by atoms with E-state index in [1.54, 1.807) is 24.5 Å². The van der Waals surface area contributed by atoms with Crippen molar-refractivity contribution in [3.8, 4) is 6.01 Å². The van der Waals surface area contributed by atoms with Gasteiger partial charge >= 0.3 is 6.01 Å². The van der Waals surface area contributed by atoms with Crippen LogP contribution in [0.15, 0.2) is 43.0 Å². The molecule has 5 heterocycles. The largest absolute Gasteiger partial charge is 0.462 e. The van der Waals surface area contributed by atoms with Gasteiger partial charge in [0.2, 0.25) is 0 Å². The Morgan fingerprint density at radius 3 is 2.85 bits per heavy atom. The van der Waals surface area contributed by atoms with Gasteiger partial charge in [0.15, 0.2) is 5.83 Å². The summed E-state index contributed by atoms with van der Waals surface area (Å²) in [6.07, 6.45) is 6.22. The van der Waals surface area contributed by atoms with Gasteiger partial charge < -0.3 is 24.3 Å². The van der Waals surface area contributed by atoms with Crippen molar-refractivity contribution in [2.24, 2.45) is 0 Å². The predicted octanol–water partition coefficient (Wildman–Crippen LogP) is 3.89. The lowest BCUT2D eigenvalue weighted by molar-refractivity contribution is -0.129. The molecule has 1 amide bonds. The molecule has 0 unspecified atom stereocenters.